The van der Waals surface area contributed by atoms with Gasteiger partial charge < -0.3 is 9.15 Å². The van der Waals surface area contributed by atoms with Crippen molar-refractivity contribution in [2.75, 3.05) is 7.11 Å². The average molecular weight is 353 g/mol. The third-order valence-corrected chi connectivity index (χ3v) is 4.71. The molecular formula is C18H15N3O3S. The SMILES string of the molecule is COc1ccc2c(CSc3nc(C)nc(C)c3C#N)cc(=O)oc2c1. The van der Waals surface area contributed by atoms with Crippen molar-refractivity contribution in [1.82, 2.24) is 9.97 Å². The number of thioether (sulfide) groups is 1. The summed E-state index contributed by atoms with van der Waals surface area (Å²) in [6.45, 7) is 3.58. The predicted molar refractivity (Wildman–Crippen MR) is 94.8 cm³/mol. The first-order chi connectivity index (χ1) is 12.0. The Bertz CT molecular complexity index is 1050. The van der Waals surface area contributed by atoms with E-state index >= 15 is 0 Å². The van der Waals surface area contributed by atoms with Crippen LogP contribution in [0.4, 0.5) is 0 Å². The van der Waals surface area contributed by atoms with Gasteiger partial charge in [0, 0.05) is 23.3 Å². The quantitative estimate of drug-likeness (QED) is 0.403. The highest BCUT2D eigenvalue weighted by Gasteiger charge is 2.13. The lowest BCUT2D eigenvalue weighted by Gasteiger charge is -2.09. The van der Waals surface area contributed by atoms with E-state index < -0.39 is 5.63 Å². The molecule has 126 valence electrons. The van der Waals surface area contributed by atoms with Crippen molar-refractivity contribution in [3.63, 3.8) is 0 Å². The van der Waals surface area contributed by atoms with Crippen LogP contribution in [0, 0.1) is 25.2 Å². The zero-order valence-electron chi connectivity index (χ0n) is 14.0. The first-order valence-electron chi connectivity index (χ1n) is 7.50. The molecular weight excluding hydrogens is 338 g/mol. The molecule has 3 rings (SSSR count). The van der Waals surface area contributed by atoms with Crippen molar-refractivity contribution in [2.24, 2.45) is 0 Å². The highest BCUT2D eigenvalue weighted by atomic mass is 32.2. The lowest BCUT2D eigenvalue weighted by atomic mass is 10.1. The number of fused-ring (bicyclic) bond motifs is 1. The van der Waals surface area contributed by atoms with Crippen molar-refractivity contribution in [3.05, 3.63) is 57.3 Å². The summed E-state index contributed by atoms with van der Waals surface area (Å²) in [4.78, 5) is 20.4. The smallest absolute Gasteiger partial charge is 0.336 e. The van der Waals surface area contributed by atoms with Crippen LogP contribution < -0.4 is 10.4 Å². The number of hydrogen-bond donors (Lipinski definition) is 0. The maximum absolute atomic E-state index is 11.9. The minimum Gasteiger partial charge on any atom is -0.497 e. The lowest BCUT2D eigenvalue weighted by molar-refractivity contribution is 0.414. The van der Waals surface area contributed by atoms with Crippen LogP contribution >= 0.6 is 11.8 Å². The molecule has 6 nitrogen and oxygen atoms in total. The monoisotopic (exact) mass is 353 g/mol. The fraction of sp³-hybridized carbons (Fsp3) is 0.222. The van der Waals surface area contributed by atoms with E-state index in [9.17, 15) is 10.1 Å². The second-order valence-corrected chi connectivity index (χ2v) is 6.35. The Morgan fingerprint density at radius 2 is 2.08 bits per heavy atom. The zero-order chi connectivity index (χ0) is 18.0. The molecule has 0 saturated carbocycles. The topological polar surface area (TPSA) is 89.0 Å². The summed E-state index contributed by atoms with van der Waals surface area (Å²) in [5, 5.41) is 10.8. The number of nitriles is 1. The highest BCUT2D eigenvalue weighted by Crippen LogP contribution is 2.29. The molecule has 2 heterocycles. The van der Waals surface area contributed by atoms with E-state index in [1.54, 1.807) is 27.0 Å². The van der Waals surface area contributed by atoms with Gasteiger partial charge in [0.05, 0.1) is 12.8 Å². The van der Waals surface area contributed by atoms with Gasteiger partial charge in [0.15, 0.2) is 0 Å². The summed E-state index contributed by atoms with van der Waals surface area (Å²) in [5.74, 6) is 1.72. The summed E-state index contributed by atoms with van der Waals surface area (Å²) in [6, 6.07) is 8.97. The van der Waals surface area contributed by atoms with Gasteiger partial charge in [0.1, 0.15) is 33.8 Å². The van der Waals surface area contributed by atoms with Crippen LogP contribution in [0.3, 0.4) is 0 Å². The van der Waals surface area contributed by atoms with Crippen molar-refractivity contribution < 1.29 is 9.15 Å². The van der Waals surface area contributed by atoms with Crippen LogP contribution in [0.15, 0.2) is 38.5 Å². The van der Waals surface area contributed by atoms with E-state index in [-0.39, 0.29) is 0 Å². The van der Waals surface area contributed by atoms with Gasteiger partial charge in [-0.1, -0.05) is 0 Å². The Hall–Kier alpha value is -2.85. The molecule has 0 bridgehead atoms. The maximum atomic E-state index is 11.9. The van der Waals surface area contributed by atoms with Crippen LogP contribution in [0.5, 0.6) is 5.75 Å². The normalized spacial score (nSPS) is 10.6. The molecule has 2 aromatic heterocycles. The Labute approximate surface area is 148 Å². The van der Waals surface area contributed by atoms with Gasteiger partial charge in [-0.15, -0.1) is 11.8 Å². The number of ether oxygens (including phenoxy) is 1. The number of aromatic nitrogens is 2. The number of nitrogens with zero attached hydrogens (tertiary/aromatic N) is 3. The fourth-order valence-corrected chi connectivity index (χ4v) is 3.58. The van der Waals surface area contributed by atoms with Crippen LogP contribution in [-0.4, -0.2) is 17.1 Å². The van der Waals surface area contributed by atoms with E-state index in [0.717, 1.165) is 10.9 Å². The first kappa shape index (κ1) is 17.0. The van der Waals surface area contributed by atoms with Gasteiger partial charge in [-0.25, -0.2) is 14.8 Å². The van der Waals surface area contributed by atoms with Crippen LogP contribution in [-0.2, 0) is 5.75 Å². The highest BCUT2D eigenvalue weighted by molar-refractivity contribution is 7.98. The molecule has 3 aromatic rings. The third-order valence-electron chi connectivity index (χ3n) is 3.68. The van der Waals surface area contributed by atoms with E-state index in [0.29, 0.717) is 39.2 Å². The van der Waals surface area contributed by atoms with E-state index in [4.69, 9.17) is 9.15 Å². The van der Waals surface area contributed by atoms with Crippen molar-refractivity contribution >= 4 is 22.7 Å². The molecule has 25 heavy (non-hydrogen) atoms. The van der Waals surface area contributed by atoms with Crippen LogP contribution in [0.25, 0.3) is 11.0 Å². The summed E-state index contributed by atoms with van der Waals surface area (Å²) in [7, 11) is 1.56. The van der Waals surface area contributed by atoms with Crippen LogP contribution in [0.1, 0.15) is 22.6 Å². The van der Waals surface area contributed by atoms with Gasteiger partial charge in [-0.05, 0) is 31.5 Å². The molecule has 0 spiro atoms. The van der Waals surface area contributed by atoms with Gasteiger partial charge in [-0.2, -0.15) is 5.26 Å². The molecule has 0 radical (unpaired) electrons. The van der Waals surface area contributed by atoms with Gasteiger partial charge in [0.25, 0.3) is 0 Å². The summed E-state index contributed by atoms with van der Waals surface area (Å²) in [5.41, 5.74) is 1.98. The van der Waals surface area contributed by atoms with E-state index in [1.807, 2.05) is 12.1 Å². The first-order valence-corrected chi connectivity index (χ1v) is 8.49. The fourth-order valence-electron chi connectivity index (χ4n) is 2.52. The minimum atomic E-state index is -0.424. The average Bonchev–Trinajstić information content (AvgIpc) is 2.58. The number of hydrogen-bond acceptors (Lipinski definition) is 7. The molecule has 0 aliphatic rings. The molecule has 0 fully saturated rings. The zero-order valence-corrected chi connectivity index (χ0v) is 14.8. The molecule has 0 unspecified atom stereocenters. The molecule has 0 aliphatic carbocycles. The number of aryl methyl sites for hydroxylation is 2. The number of rotatable bonds is 4. The van der Waals surface area contributed by atoms with Gasteiger partial charge in [-0.3, -0.25) is 0 Å². The molecule has 0 saturated heterocycles. The Morgan fingerprint density at radius 1 is 1.28 bits per heavy atom. The molecule has 7 heteroatoms. The van der Waals surface area contributed by atoms with Crippen molar-refractivity contribution in [1.29, 1.82) is 5.26 Å². The number of benzene rings is 1. The molecule has 0 aliphatic heterocycles. The Morgan fingerprint density at radius 3 is 2.80 bits per heavy atom. The largest absolute Gasteiger partial charge is 0.497 e. The Balaban J connectivity index is 2.00. The lowest BCUT2D eigenvalue weighted by Crippen LogP contribution is -2.02. The predicted octanol–water partition coefficient (Wildman–Crippen LogP) is 3.37. The molecule has 1 aromatic carbocycles. The molecule has 0 atom stereocenters. The number of methoxy groups -OCH3 is 1. The van der Waals surface area contributed by atoms with Crippen molar-refractivity contribution in [3.8, 4) is 11.8 Å². The van der Waals surface area contributed by atoms with E-state index in [1.165, 1.54) is 17.8 Å². The van der Waals surface area contributed by atoms with Crippen LogP contribution in [0.2, 0.25) is 0 Å². The van der Waals surface area contributed by atoms with E-state index in [2.05, 4.69) is 16.0 Å². The summed E-state index contributed by atoms with van der Waals surface area (Å²) in [6.07, 6.45) is 0. The summed E-state index contributed by atoms with van der Waals surface area (Å²) >= 11 is 1.40. The van der Waals surface area contributed by atoms with Gasteiger partial charge >= 0.3 is 5.63 Å². The second-order valence-electron chi connectivity index (χ2n) is 5.39. The Kier molecular flexibility index (Phi) is 4.72. The molecule has 0 N–H and O–H groups in total. The second kappa shape index (κ2) is 6.95. The third kappa shape index (κ3) is 3.49. The maximum Gasteiger partial charge on any atom is 0.336 e. The van der Waals surface area contributed by atoms with Gasteiger partial charge in [0.2, 0.25) is 0 Å². The minimum absolute atomic E-state index is 0.424. The standard InChI is InChI=1S/C18H15N3O3S/c1-10-15(8-19)18(21-11(2)20-10)25-9-12-6-17(22)24-16-7-13(23-3)4-5-14(12)16/h4-7H,9H2,1-3H3. The molecule has 0 amide bonds. The summed E-state index contributed by atoms with van der Waals surface area (Å²) < 4.78 is 10.4. The van der Waals surface area contributed by atoms with Crippen molar-refractivity contribution in [2.45, 2.75) is 24.6 Å².